The number of benzene rings is 1. The fourth-order valence-electron chi connectivity index (χ4n) is 1.29. The highest BCUT2D eigenvalue weighted by molar-refractivity contribution is 6.29. The second-order valence-electron chi connectivity index (χ2n) is 3.30. The molecule has 1 aromatic heterocycles. The minimum Gasteiger partial charge on any atom is -0.406 e. The van der Waals surface area contributed by atoms with Crippen molar-refractivity contribution in [1.82, 2.24) is 9.97 Å². The monoisotopic (exact) mass is 274 g/mol. The minimum absolute atomic E-state index is 0.246. The number of nitrogens with zero attached hydrogens (tertiary/aromatic N) is 2. The molecule has 0 atom stereocenters. The van der Waals surface area contributed by atoms with Crippen molar-refractivity contribution < 1.29 is 17.9 Å². The highest BCUT2D eigenvalue weighted by Crippen LogP contribution is 2.25. The molecule has 0 saturated carbocycles. The van der Waals surface area contributed by atoms with Gasteiger partial charge >= 0.3 is 6.36 Å². The molecule has 3 nitrogen and oxygen atoms in total. The van der Waals surface area contributed by atoms with Gasteiger partial charge in [0, 0.05) is 5.56 Å². The van der Waals surface area contributed by atoms with Gasteiger partial charge in [0.1, 0.15) is 10.9 Å². The normalized spacial score (nSPS) is 11.3. The summed E-state index contributed by atoms with van der Waals surface area (Å²) in [6, 6.07) is 5.33. The van der Waals surface area contributed by atoms with E-state index in [1.54, 1.807) is 0 Å². The zero-order valence-corrected chi connectivity index (χ0v) is 9.53. The molecule has 2 rings (SSSR count). The van der Waals surface area contributed by atoms with Crippen LogP contribution in [0.25, 0.3) is 11.3 Å². The van der Waals surface area contributed by atoms with Crippen LogP contribution in [0.2, 0.25) is 5.15 Å². The van der Waals surface area contributed by atoms with E-state index in [-0.39, 0.29) is 10.9 Å². The largest absolute Gasteiger partial charge is 0.573 e. The third kappa shape index (κ3) is 3.33. The quantitative estimate of drug-likeness (QED) is 0.837. The van der Waals surface area contributed by atoms with Crippen molar-refractivity contribution in [1.29, 1.82) is 0 Å². The van der Waals surface area contributed by atoms with Crippen LogP contribution < -0.4 is 4.74 Å². The topological polar surface area (TPSA) is 35.0 Å². The smallest absolute Gasteiger partial charge is 0.406 e. The molecule has 2 aromatic rings. The fourth-order valence-corrected chi connectivity index (χ4v) is 1.39. The van der Waals surface area contributed by atoms with Crippen LogP contribution in [0.1, 0.15) is 0 Å². The van der Waals surface area contributed by atoms with Crippen molar-refractivity contribution in [3.8, 4) is 17.0 Å². The molecule has 0 aliphatic carbocycles. The third-order valence-electron chi connectivity index (χ3n) is 2.00. The molecule has 94 valence electrons. The number of hydrogen-bond donors (Lipinski definition) is 0. The Kier molecular flexibility index (Phi) is 3.38. The first-order valence-electron chi connectivity index (χ1n) is 4.78. The van der Waals surface area contributed by atoms with Gasteiger partial charge in [-0.05, 0) is 24.3 Å². The summed E-state index contributed by atoms with van der Waals surface area (Å²) in [6.45, 7) is 0. The Morgan fingerprint density at radius 3 is 2.17 bits per heavy atom. The molecule has 0 spiro atoms. The van der Waals surface area contributed by atoms with Crippen molar-refractivity contribution in [2.75, 3.05) is 0 Å². The number of hydrogen-bond acceptors (Lipinski definition) is 3. The summed E-state index contributed by atoms with van der Waals surface area (Å²) in [6.07, 6.45) is -1.90. The van der Waals surface area contributed by atoms with Gasteiger partial charge in [0.05, 0.1) is 18.1 Å². The van der Waals surface area contributed by atoms with E-state index in [1.807, 2.05) is 0 Å². The van der Waals surface area contributed by atoms with Crippen LogP contribution in [-0.4, -0.2) is 16.3 Å². The molecule has 0 aliphatic rings. The van der Waals surface area contributed by atoms with Crippen LogP contribution in [0.5, 0.6) is 5.75 Å². The lowest BCUT2D eigenvalue weighted by molar-refractivity contribution is -0.274. The molecule has 7 heteroatoms. The van der Waals surface area contributed by atoms with E-state index in [2.05, 4.69) is 14.7 Å². The Hall–Kier alpha value is -1.82. The lowest BCUT2D eigenvalue weighted by Gasteiger charge is -2.08. The van der Waals surface area contributed by atoms with E-state index in [0.29, 0.717) is 11.3 Å². The van der Waals surface area contributed by atoms with Gasteiger partial charge in [-0.15, -0.1) is 13.2 Å². The third-order valence-corrected chi connectivity index (χ3v) is 2.20. The molecule has 0 radical (unpaired) electrons. The molecule has 1 heterocycles. The number of alkyl halides is 3. The molecular weight excluding hydrogens is 269 g/mol. The van der Waals surface area contributed by atoms with Gasteiger partial charge in [-0.1, -0.05) is 11.6 Å². The Bertz CT molecular complexity index is 525. The van der Waals surface area contributed by atoms with E-state index < -0.39 is 6.36 Å². The lowest BCUT2D eigenvalue weighted by Crippen LogP contribution is -2.16. The van der Waals surface area contributed by atoms with Crippen molar-refractivity contribution >= 4 is 11.6 Å². The second-order valence-corrected chi connectivity index (χ2v) is 3.68. The van der Waals surface area contributed by atoms with Crippen molar-refractivity contribution in [3.05, 3.63) is 41.8 Å². The molecular formula is C11H6ClF3N2O. The van der Waals surface area contributed by atoms with E-state index in [9.17, 15) is 13.2 Å². The molecule has 0 fully saturated rings. The van der Waals surface area contributed by atoms with Crippen LogP contribution in [0, 0.1) is 0 Å². The summed E-state index contributed by atoms with van der Waals surface area (Å²) < 4.78 is 39.6. The van der Waals surface area contributed by atoms with E-state index in [4.69, 9.17) is 11.6 Å². The molecule has 0 N–H and O–H groups in total. The summed E-state index contributed by atoms with van der Waals surface area (Å²) >= 11 is 5.58. The highest BCUT2D eigenvalue weighted by atomic mass is 35.5. The molecule has 0 saturated heterocycles. The van der Waals surface area contributed by atoms with Gasteiger partial charge in [-0.2, -0.15) is 0 Å². The van der Waals surface area contributed by atoms with Crippen LogP contribution in [0.3, 0.4) is 0 Å². The lowest BCUT2D eigenvalue weighted by atomic mass is 10.1. The maximum atomic E-state index is 12.0. The summed E-state index contributed by atoms with van der Waals surface area (Å²) in [5, 5.41) is 0.246. The zero-order chi connectivity index (χ0) is 13.2. The first kappa shape index (κ1) is 12.6. The van der Waals surface area contributed by atoms with Gasteiger partial charge in [-0.25, -0.2) is 4.98 Å². The maximum absolute atomic E-state index is 12.0. The average molecular weight is 275 g/mol. The predicted molar refractivity (Wildman–Crippen MR) is 59.2 cm³/mol. The summed E-state index contributed by atoms with van der Waals surface area (Å²) in [5.74, 6) is -0.284. The molecule has 18 heavy (non-hydrogen) atoms. The standard InChI is InChI=1S/C11H6ClF3N2O/c12-10-6-16-9(5-17-10)7-1-3-8(4-2-7)18-11(13,14)15/h1-6H. The number of halogens is 4. The van der Waals surface area contributed by atoms with E-state index in [0.717, 1.165) is 0 Å². The number of ether oxygens (including phenoxy) is 1. The molecule has 0 aliphatic heterocycles. The Morgan fingerprint density at radius 2 is 1.67 bits per heavy atom. The Labute approximate surface area is 105 Å². The molecule has 0 unspecified atom stereocenters. The van der Waals surface area contributed by atoms with Crippen LogP contribution >= 0.6 is 11.6 Å². The van der Waals surface area contributed by atoms with Crippen LogP contribution in [0.15, 0.2) is 36.7 Å². The molecule has 0 amide bonds. The predicted octanol–water partition coefficient (Wildman–Crippen LogP) is 3.70. The number of rotatable bonds is 2. The average Bonchev–Trinajstić information content (AvgIpc) is 2.29. The van der Waals surface area contributed by atoms with Crippen LogP contribution in [-0.2, 0) is 0 Å². The zero-order valence-electron chi connectivity index (χ0n) is 8.78. The SMILES string of the molecule is FC(F)(F)Oc1ccc(-c2cnc(Cl)cn2)cc1. The van der Waals surface area contributed by atoms with Gasteiger partial charge in [0.25, 0.3) is 0 Å². The molecule has 0 bridgehead atoms. The van der Waals surface area contributed by atoms with Crippen molar-refractivity contribution in [2.24, 2.45) is 0 Å². The highest BCUT2D eigenvalue weighted by Gasteiger charge is 2.30. The molecule has 1 aromatic carbocycles. The summed E-state index contributed by atoms with van der Waals surface area (Å²) in [7, 11) is 0. The second kappa shape index (κ2) is 4.81. The first-order valence-corrected chi connectivity index (χ1v) is 5.15. The van der Waals surface area contributed by atoms with Crippen LogP contribution in [0.4, 0.5) is 13.2 Å². The van der Waals surface area contributed by atoms with E-state index in [1.165, 1.54) is 36.7 Å². The van der Waals surface area contributed by atoms with Gasteiger partial charge in [0.15, 0.2) is 0 Å². The number of aromatic nitrogens is 2. The van der Waals surface area contributed by atoms with Gasteiger partial charge < -0.3 is 4.74 Å². The Morgan fingerprint density at radius 1 is 1.00 bits per heavy atom. The Balaban J connectivity index is 2.20. The van der Waals surface area contributed by atoms with Crippen molar-refractivity contribution in [2.45, 2.75) is 6.36 Å². The first-order chi connectivity index (χ1) is 8.44. The van der Waals surface area contributed by atoms with E-state index >= 15 is 0 Å². The minimum atomic E-state index is -4.69. The maximum Gasteiger partial charge on any atom is 0.573 e. The van der Waals surface area contributed by atoms with Crippen molar-refractivity contribution in [3.63, 3.8) is 0 Å². The van der Waals surface area contributed by atoms with Gasteiger partial charge in [0.2, 0.25) is 0 Å². The summed E-state index contributed by atoms with van der Waals surface area (Å²) in [5.41, 5.74) is 1.13. The van der Waals surface area contributed by atoms with Gasteiger partial charge in [-0.3, -0.25) is 4.98 Å². The summed E-state index contributed by atoms with van der Waals surface area (Å²) in [4.78, 5) is 7.82. The fraction of sp³-hybridized carbons (Fsp3) is 0.0909.